The topological polar surface area (TPSA) is 135 Å². The predicted molar refractivity (Wildman–Crippen MR) is 140 cm³/mol. The van der Waals surface area contributed by atoms with E-state index in [0.29, 0.717) is 35.5 Å². The van der Waals surface area contributed by atoms with E-state index in [0.717, 1.165) is 11.1 Å². The fourth-order valence-corrected chi connectivity index (χ4v) is 3.83. The Morgan fingerprint density at radius 1 is 1.08 bits per heavy atom. The Hall–Kier alpha value is -4.73. The van der Waals surface area contributed by atoms with Gasteiger partial charge in [0, 0.05) is 50.8 Å². The summed E-state index contributed by atoms with van der Waals surface area (Å²) in [5.41, 5.74) is 9.08. The summed E-state index contributed by atoms with van der Waals surface area (Å²) in [6.07, 6.45) is 3.37. The molecular formula is C26H27N7O3. The van der Waals surface area contributed by atoms with Crippen molar-refractivity contribution in [1.29, 1.82) is 0 Å². The maximum atomic E-state index is 13.1. The lowest BCUT2D eigenvalue weighted by Crippen LogP contribution is -2.31. The van der Waals surface area contributed by atoms with Gasteiger partial charge in [0.05, 0.1) is 11.1 Å². The molecule has 1 aromatic carbocycles. The van der Waals surface area contributed by atoms with Crippen LogP contribution in [0.3, 0.4) is 0 Å². The molecule has 0 aliphatic heterocycles. The zero-order valence-corrected chi connectivity index (χ0v) is 20.3. The summed E-state index contributed by atoms with van der Waals surface area (Å²) >= 11 is 0. The first-order valence-electron chi connectivity index (χ1n) is 11.4. The maximum Gasteiger partial charge on any atom is 0.319 e. The molecule has 4 aromatic rings. The van der Waals surface area contributed by atoms with Gasteiger partial charge < -0.3 is 25.8 Å². The zero-order valence-electron chi connectivity index (χ0n) is 20.3. The van der Waals surface area contributed by atoms with E-state index < -0.39 is 11.3 Å². The molecule has 0 radical (unpaired) electrons. The first kappa shape index (κ1) is 24.4. The molecule has 0 saturated carbocycles. The van der Waals surface area contributed by atoms with E-state index in [9.17, 15) is 14.4 Å². The Morgan fingerprint density at radius 3 is 2.47 bits per heavy atom. The first-order chi connectivity index (χ1) is 17.3. The van der Waals surface area contributed by atoms with Crippen LogP contribution in [0.15, 0.2) is 65.7 Å². The molecule has 184 valence electrons. The SMILES string of the molecule is CCn1c(N)c(C(=O)N(C)C)c(=O)c2ccc(-c3ccc(NC(=O)NCc4cccnc4)cc3)nc21. The largest absolute Gasteiger partial charge is 0.384 e. The van der Waals surface area contributed by atoms with Gasteiger partial charge in [-0.2, -0.15) is 0 Å². The molecule has 10 heteroatoms. The summed E-state index contributed by atoms with van der Waals surface area (Å²) in [5, 5.41) is 5.90. The minimum absolute atomic E-state index is 0.0545. The van der Waals surface area contributed by atoms with Gasteiger partial charge in [0.2, 0.25) is 5.43 Å². The van der Waals surface area contributed by atoms with Gasteiger partial charge in [-0.25, -0.2) is 9.78 Å². The van der Waals surface area contributed by atoms with Crippen molar-refractivity contribution in [3.63, 3.8) is 0 Å². The standard InChI is InChI=1S/C26H27N7O3/c1-4-33-23(27)21(25(35)32(2)3)22(34)19-11-12-20(31-24(19)33)17-7-9-18(10-8-17)30-26(36)29-15-16-6-5-13-28-14-16/h5-14H,4,15,27H2,1-3H3,(H2,29,30,36). The smallest absolute Gasteiger partial charge is 0.319 e. The van der Waals surface area contributed by atoms with Crippen molar-refractivity contribution in [3.05, 3.63) is 82.3 Å². The van der Waals surface area contributed by atoms with Crippen LogP contribution >= 0.6 is 0 Å². The molecule has 0 unspecified atom stereocenters. The highest BCUT2D eigenvalue weighted by atomic mass is 16.2. The molecule has 0 atom stereocenters. The number of carbonyl (C=O) groups excluding carboxylic acids is 2. The van der Waals surface area contributed by atoms with E-state index in [1.165, 1.54) is 4.90 Å². The van der Waals surface area contributed by atoms with E-state index in [2.05, 4.69) is 20.6 Å². The number of nitrogens with one attached hydrogen (secondary N) is 2. The second kappa shape index (κ2) is 10.3. The normalized spacial score (nSPS) is 10.8. The number of hydrogen-bond acceptors (Lipinski definition) is 6. The maximum absolute atomic E-state index is 13.1. The van der Waals surface area contributed by atoms with Crippen molar-refractivity contribution in [2.24, 2.45) is 0 Å². The number of rotatable bonds is 6. The lowest BCUT2D eigenvalue weighted by atomic mass is 10.1. The third-order valence-corrected chi connectivity index (χ3v) is 5.70. The van der Waals surface area contributed by atoms with Crippen LogP contribution in [0.25, 0.3) is 22.3 Å². The monoisotopic (exact) mass is 485 g/mol. The molecule has 0 spiro atoms. The molecule has 0 fully saturated rings. The molecular weight excluding hydrogens is 458 g/mol. The number of hydrogen-bond donors (Lipinski definition) is 3. The molecule has 3 heterocycles. The number of aryl methyl sites for hydroxylation is 1. The Morgan fingerprint density at radius 2 is 1.83 bits per heavy atom. The summed E-state index contributed by atoms with van der Waals surface area (Å²) in [5.74, 6) is -0.353. The number of fused-ring (bicyclic) bond motifs is 1. The fraction of sp³-hybridized carbons (Fsp3) is 0.192. The van der Waals surface area contributed by atoms with Gasteiger partial charge >= 0.3 is 6.03 Å². The number of amides is 3. The van der Waals surface area contributed by atoms with Crippen LogP contribution in [-0.2, 0) is 13.1 Å². The number of nitrogens with two attached hydrogens (primary N) is 1. The summed E-state index contributed by atoms with van der Waals surface area (Å²) in [4.78, 5) is 47.9. The number of benzene rings is 1. The highest BCUT2D eigenvalue weighted by Crippen LogP contribution is 2.24. The van der Waals surface area contributed by atoms with Gasteiger partial charge in [0.25, 0.3) is 5.91 Å². The number of urea groups is 1. The van der Waals surface area contributed by atoms with Gasteiger partial charge in [0.15, 0.2) is 0 Å². The number of carbonyl (C=O) groups is 2. The average molecular weight is 486 g/mol. The third-order valence-electron chi connectivity index (χ3n) is 5.70. The van der Waals surface area contributed by atoms with Crippen LogP contribution in [0.4, 0.5) is 16.3 Å². The summed E-state index contributed by atoms with van der Waals surface area (Å²) in [6.45, 7) is 2.67. The molecule has 0 aliphatic rings. The van der Waals surface area contributed by atoms with Crippen LogP contribution in [0.2, 0.25) is 0 Å². The second-order valence-electron chi connectivity index (χ2n) is 8.35. The Kier molecular flexibility index (Phi) is 6.95. The second-order valence-corrected chi connectivity index (χ2v) is 8.35. The highest BCUT2D eigenvalue weighted by Gasteiger charge is 2.22. The number of pyridine rings is 3. The first-order valence-corrected chi connectivity index (χ1v) is 11.4. The highest BCUT2D eigenvalue weighted by molar-refractivity contribution is 6.01. The van der Waals surface area contributed by atoms with Crippen LogP contribution in [-0.4, -0.2) is 45.5 Å². The van der Waals surface area contributed by atoms with Crippen molar-refractivity contribution in [1.82, 2.24) is 24.8 Å². The number of nitrogen functional groups attached to an aromatic ring is 1. The number of nitrogens with zero attached hydrogens (tertiary/aromatic N) is 4. The Balaban J connectivity index is 1.58. The molecule has 3 amide bonds. The molecule has 0 bridgehead atoms. The van der Waals surface area contributed by atoms with Crippen LogP contribution in [0.5, 0.6) is 0 Å². The van der Waals surface area contributed by atoms with E-state index >= 15 is 0 Å². The van der Waals surface area contributed by atoms with E-state index in [4.69, 9.17) is 5.73 Å². The van der Waals surface area contributed by atoms with E-state index in [1.54, 1.807) is 55.3 Å². The average Bonchev–Trinajstić information content (AvgIpc) is 2.88. The lowest BCUT2D eigenvalue weighted by Gasteiger charge is -2.18. The number of anilines is 2. The fourth-order valence-electron chi connectivity index (χ4n) is 3.83. The quantitative estimate of drug-likeness (QED) is 0.384. The van der Waals surface area contributed by atoms with Gasteiger partial charge in [-0.1, -0.05) is 18.2 Å². The molecule has 10 nitrogen and oxygen atoms in total. The molecule has 0 aliphatic carbocycles. The van der Waals surface area contributed by atoms with Crippen LogP contribution in [0, 0.1) is 0 Å². The molecule has 36 heavy (non-hydrogen) atoms. The molecule has 3 aromatic heterocycles. The van der Waals surface area contributed by atoms with Crippen molar-refractivity contribution in [2.45, 2.75) is 20.0 Å². The molecule has 4 rings (SSSR count). The van der Waals surface area contributed by atoms with Crippen LogP contribution in [0.1, 0.15) is 22.8 Å². The van der Waals surface area contributed by atoms with Crippen molar-refractivity contribution in [2.75, 3.05) is 25.1 Å². The van der Waals surface area contributed by atoms with Gasteiger partial charge in [-0.3, -0.25) is 14.6 Å². The Labute approximate surface area is 207 Å². The number of aromatic nitrogens is 3. The van der Waals surface area contributed by atoms with Gasteiger partial charge in [-0.05, 0) is 42.8 Å². The van der Waals surface area contributed by atoms with Crippen molar-refractivity contribution in [3.8, 4) is 11.3 Å². The lowest BCUT2D eigenvalue weighted by molar-refractivity contribution is 0.0827. The summed E-state index contributed by atoms with van der Waals surface area (Å²) in [7, 11) is 3.15. The van der Waals surface area contributed by atoms with Crippen molar-refractivity contribution >= 4 is 34.5 Å². The summed E-state index contributed by atoms with van der Waals surface area (Å²) in [6, 6.07) is 13.9. The third kappa shape index (κ3) is 4.88. The molecule has 4 N–H and O–H groups in total. The van der Waals surface area contributed by atoms with Gasteiger partial charge in [-0.15, -0.1) is 0 Å². The minimum atomic E-state index is -0.446. The molecule has 0 saturated heterocycles. The van der Waals surface area contributed by atoms with E-state index in [1.807, 2.05) is 31.2 Å². The van der Waals surface area contributed by atoms with Crippen molar-refractivity contribution < 1.29 is 9.59 Å². The minimum Gasteiger partial charge on any atom is -0.384 e. The van der Waals surface area contributed by atoms with E-state index in [-0.39, 0.29) is 17.4 Å². The zero-order chi connectivity index (χ0) is 25.8. The Bertz CT molecular complexity index is 1480. The summed E-state index contributed by atoms with van der Waals surface area (Å²) < 4.78 is 1.67. The predicted octanol–water partition coefficient (Wildman–Crippen LogP) is 3.08. The van der Waals surface area contributed by atoms with Crippen LogP contribution < -0.4 is 21.8 Å². The van der Waals surface area contributed by atoms with Gasteiger partial charge in [0.1, 0.15) is 17.0 Å².